The number of anilines is 3. The molecule has 0 aliphatic carbocycles. The van der Waals surface area contributed by atoms with E-state index >= 15 is 0 Å². The number of nitrogens with zero attached hydrogens (tertiary/aromatic N) is 7. The zero-order chi connectivity index (χ0) is 41.3. The maximum atomic E-state index is 13.0. The molecule has 18 heteroatoms. The van der Waals surface area contributed by atoms with Crippen LogP contribution in [0.3, 0.4) is 0 Å². The average Bonchev–Trinajstić information content (AvgIpc) is 3.42. The molecule has 1 fully saturated rings. The van der Waals surface area contributed by atoms with Gasteiger partial charge in [0.2, 0.25) is 11.9 Å². The van der Waals surface area contributed by atoms with Crippen LogP contribution < -0.4 is 27.1 Å². The number of amides is 2. The summed E-state index contributed by atoms with van der Waals surface area (Å²) in [7, 11) is 1.83. The predicted octanol–water partition coefficient (Wildman–Crippen LogP) is 2.41. The first-order valence-electron chi connectivity index (χ1n) is 18.6. The predicted molar refractivity (Wildman–Crippen MR) is 213 cm³/mol. The van der Waals surface area contributed by atoms with Gasteiger partial charge in [0.05, 0.1) is 42.9 Å². The van der Waals surface area contributed by atoms with Gasteiger partial charge >= 0.3 is 5.97 Å². The number of aliphatic hydroxyl groups excluding tert-OH is 2. The number of hydrogen-bond donors (Lipinski definition) is 7. The van der Waals surface area contributed by atoms with Gasteiger partial charge in [-0.25, -0.2) is 20.2 Å². The molecule has 2 aromatic carbocycles. The molecule has 3 heterocycles. The van der Waals surface area contributed by atoms with Crippen LogP contribution >= 0.6 is 0 Å². The summed E-state index contributed by atoms with van der Waals surface area (Å²) in [4.78, 5) is 63.0. The first-order valence-corrected chi connectivity index (χ1v) is 18.6. The molecule has 1 saturated heterocycles. The smallest absolute Gasteiger partial charge is 0.326 e. The number of aromatic nitrogens is 4. The van der Waals surface area contributed by atoms with Crippen molar-refractivity contribution in [3.05, 3.63) is 77.6 Å². The second-order valence-electron chi connectivity index (χ2n) is 15.1. The third kappa shape index (κ3) is 11.2. The summed E-state index contributed by atoms with van der Waals surface area (Å²) in [6.07, 6.45) is 3.01. The number of aliphatic hydroxyl groups is 2. The van der Waals surface area contributed by atoms with E-state index in [1.54, 1.807) is 30.5 Å². The van der Waals surface area contributed by atoms with Crippen LogP contribution in [-0.2, 0) is 27.5 Å². The fourth-order valence-electron chi connectivity index (χ4n) is 7.17. The number of nitrogens with two attached hydrogens (primary N) is 2. The molecule has 5 rings (SSSR count). The fourth-order valence-corrected chi connectivity index (χ4v) is 7.17. The molecule has 4 atom stereocenters. The highest BCUT2D eigenvalue weighted by Gasteiger charge is 2.53. The molecule has 4 aromatic rings. The molecule has 2 amide bonds. The summed E-state index contributed by atoms with van der Waals surface area (Å²) in [6.45, 7) is 6.37. The van der Waals surface area contributed by atoms with Gasteiger partial charge in [0.15, 0.2) is 17.0 Å². The van der Waals surface area contributed by atoms with Crippen LogP contribution in [0, 0.1) is 5.92 Å². The normalized spacial score (nSPS) is 19.5. The highest BCUT2D eigenvalue weighted by Crippen LogP contribution is 2.45. The van der Waals surface area contributed by atoms with Crippen molar-refractivity contribution < 1.29 is 34.5 Å². The lowest BCUT2D eigenvalue weighted by atomic mass is 9.77. The van der Waals surface area contributed by atoms with Crippen LogP contribution in [0.4, 0.5) is 17.5 Å². The molecule has 304 valence electrons. The van der Waals surface area contributed by atoms with Gasteiger partial charge in [-0.2, -0.15) is 20.1 Å². The number of fused-ring (bicyclic) bond motifs is 1. The molecule has 0 radical (unpaired) electrons. The summed E-state index contributed by atoms with van der Waals surface area (Å²) >= 11 is 0. The quantitative estimate of drug-likeness (QED) is 0.0564. The third-order valence-corrected chi connectivity index (χ3v) is 9.57. The Morgan fingerprint density at radius 2 is 1.79 bits per heavy atom. The number of hydrogen-bond acceptors (Lipinski definition) is 15. The van der Waals surface area contributed by atoms with Crippen molar-refractivity contribution in [1.82, 2.24) is 35.7 Å². The molecule has 2 aromatic heterocycles. The SMILES string of the molecule is CC(C)C[C@]1(CC(O)CO)C[C@](C)(/C=N/NC(=O)CC[C@H](NC(=O)c2ccc(N(C)Cc3cnc4nc(N)nc(N)c4n3)cc2)C(=O)O)ON1Cc1ccccc1. The lowest BCUT2D eigenvalue weighted by molar-refractivity contribution is -0.214. The van der Waals surface area contributed by atoms with Crippen LogP contribution in [0.1, 0.15) is 74.5 Å². The Hall–Kier alpha value is -5.82. The first kappa shape index (κ1) is 42.3. The maximum absolute atomic E-state index is 13.0. The highest BCUT2D eigenvalue weighted by molar-refractivity contribution is 5.97. The number of carbonyl (C=O) groups is 3. The van der Waals surface area contributed by atoms with Gasteiger partial charge in [0.25, 0.3) is 5.91 Å². The highest BCUT2D eigenvalue weighted by atomic mass is 16.7. The van der Waals surface area contributed by atoms with Gasteiger partial charge in [-0.3, -0.25) is 14.4 Å². The van der Waals surface area contributed by atoms with Gasteiger partial charge < -0.3 is 37.0 Å². The molecule has 18 nitrogen and oxygen atoms in total. The van der Waals surface area contributed by atoms with Crippen LogP contribution in [0.5, 0.6) is 0 Å². The number of hydrazone groups is 1. The maximum Gasteiger partial charge on any atom is 0.326 e. The van der Waals surface area contributed by atoms with E-state index in [-0.39, 0.29) is 48.2 Å². The Bertz CT molecular complexity index is 2050. The molecule has 0 saturated carbocycles. The number of rotatable bonds is 18. The van der Waals surface area contributed by atoms with Crippen LogP contribution in [0.15, 0.2) is 65.9 Å². The van der Waals surface area contributed by atoms with Crippen LogP contribution in [0.25, 0.3) is 11.2 Å². The van der Waals surface area contributed by atoms with Crippen molar-refractivity contribution in [3.63, 3.8) is 0 Å². The summed E-state index contributed by atoms with van der Waals surface area (Å²) in [6, 6.07) is 15.0. The van der Waals surface area contributed by atoms with Gasteiger partial charge in [-0.15, -0.1) is 0 Å². The van der Waals surface area contributed by atoms with Gasteiger partial charge in [-0.05, 0) is 61.9 Å². The lowest BCUT2D eigenvalue weighted by Crippen LogP contribution is -2.46. The van der Waals surface area contributed by atoms with Crippen molar-refractivity contribution in [2.45, 2.75) is 89.3 Å². The van der Waals surface area contributed by atoms with Crippen molar-refractivity contribution >= 4 is 52.6 Å². The Morgan fingerprint density at radius 1 is 1.07 bits per heavy atom. The largest absolute Gasteiger partial charge is 0.480 e. The number of nitrogens with one attached hydrogen (secondary N) is 2. The van der Waals surface area contributed by atoms with E-state index < -0.39 is 47.7 Å². The number of carbonyl (C=O) groups excluding carboxylic acids is 2. The summed E-state index contributed by atoms with van der Waals surface area (Å²) in [5.41, 5.74) is 15.6. The molecular formula is C39H51N11O7. The molecule has 1 aliphatic heterocycles. The summed E-state index contributed by atoms with van der Waals surface area (Å²) in [5.74, 6) is -2.10. The van der Waals surface area contributed by atoms with E-state index in [0.29, 0.717) is 37.1 Å². The zero-order valence-electron chi connectivity index (χ0n) is 32.5. The standard InChI is InChI=1S/C39H51N11O7/c1-24(2)16-39(17-29(52)21-51)22-38(3,57-50(39)19-25-8-6-5-7-9-25)23-43-48-31(53)15-14-30(36(55)56)45-35(54)26-10-12-28(13-11-26)49(4)20-27-18-42-34-32(44-27)33(40)46-37(41)47-34/h5-13,18,23-24,29-30,51-52H,14-17,19-22H2,1-4H3,(H,45,54)(H,48,53)(H,55,56)(H4,40,41,42,46,47)/b43-23+/t29?,30-,38+,39-/m0/s1. The Kier molecular flexibility index (Phi) is 13.7. The van der Waals surface area contributed by atoms with Gasteiger partial charge in [0.1, 0.15) is 11.6 Å². The van der Waals surface area contributed by atoms with Gasteiger partial charge in [-0.1, -0.05) is 44.2 Å². The fraction of sp³-hybridized carbons (Fsp3) is 0.436. The van der Waals surface area contributed by atoms with E-state index in [9.17, 15) is 29.7 Å². The van der Waals surface area contributed by atoms with Gasteiger partial charge in [0, 0.05) is 37.7 Å². The van der Waals surface area contributed by atoms with E-state index in [0.717, 1.165) is 11.3 Å². The van der Waals surface area contributed by atoms with E-state index in [1.807, 2.05) is 54.3 Å². The summed E-state index contributed by atoms with van der Waals surface area (Å²) < 4.78 is 0. The Labute approximate surface area is 330 Å². The first-order chi connectivity index (χ1) is 27.1. The van der Waals surface area contributed by atoms with Crippen molar-refractivity contribution in [3.8, 4) is 0 Å². The zero-order valence-corrected chi connectivity index (χ0v) is 32.5. The van der Waals surface area contributed by atoms with Crippen LogP contribution in [-0.4, -0.2) is 101 Å². The minimum atomic E-state index is -1.34. The van der Waals surface area contributed by atoms with E-state index in [2.05, 4.69) is 49.6 Å². The van der Waals surface area contributed by atoms with E-state index in [1.165, 1.54) is 6.21 Å². The van der Waals surface area contributed by atoms with Crippen molar-refractivity contribution in [2.24, 2.45) is 11.0 Å². The molecule has 0 bridgehead atoms. The number of carboxylic acid groups (broad SMARTS) is 1. The topological polar surface area (TPSA) is 268 Å². The molecule has 1 aliphatic rings. The average molecular weight is 786 g/mol. The minimum absolute atomic E-state index is 0.00405. The third-order valence-electron chi connectivity index (χ3n) is 9.57. The van der Waals surface area contributed by atoms with Crippen LogP contribution in [0.2, 0.25) is 0 Å². The van der Waals surface area contributed by atoms with Crippen molar-refractivity contribution in [2.75, 3.05) is 30.0 Å². The molecule has 0 spiro atoms. The minimum Gasteiger partial charge on any atom is -0.480 e. The Morgan fingerprint density at radius 3 is 2.46 bits per heavy atom. The number of nitrogen functional groups attached to an aromatic ring is 2. The number of benzene rings is 2. The second-order valence-corrected chi connectivity index (χ2v) is 15.1. The lowest BCUT2D eigenvalue weighted by Gasteiger charge is -2.39. The molecule has 9 N–H and O–H groups in total. The second kappa shape index (κ2) is 18.4. The monoisotopic (exact) mass is 785 g/mol. The van der Waals surface area contributed by atoms with Crippen molar-refractivity contribution in [1.29, 1.82) is 0 Å². The van der Waals surface area contributed by atoms with E-state index in [4.69, 9.17) is 16.3 Å². The number of hydroxylamine groups is 2. The summed E-state index contributed by atoms with van der Waals surface area (Å²) in [5, 5.41) is 38.7. The number of aliphatic carboxylic acids is 1. The number of carboxylic acids is 1. The molecular weight excluding hydrogens is 734 g/mol. The Balaban J connectivity index is 1.16. The molecule has 1 unspecified atom stereocenters. The molecule has 57 heavy (non-hydrogen) atoms.